The van der Waals surface area contributed by atoms with Gasteiger partial charge in [0.15, 0.2) is 0 Å². The number of methoxy groups -OCH3 is 2. The van der Waals surface area contributed by atoms with Crippen LogP contribution in [0.15, 0.2) is 48.5 Å². The van der Waals surface area contributed by atoms with Crippen LogP contribution in [0.2, 0.25) is 0 Å². The van der Waals surface area contributed by atoms with E-state index in [1.165, 1.54) is 0 Å². The topological polar surface area (TPSA) is 65.1 Å². The summed E-state index contributed by atoms with van der Waals surface area (Å²) in [4.78, 5) is 26.1. The van der Waals surface area contributed by atoms with E-state index in [0.717, 1.165) is 28.9 Å². The maximum atomic E-state index is 12.5. The van der Waals surface area contributed by atoms with Crippen LogP contribution in [0.1, 0.15) is 17.5 Å². The van der Waals surface area contributed by atoms with Gasteiger partial charge in [0, 0.05) is 18.7 Å². The molecule has 2 aromatic carbocycles. The third-order valence-corrected chi connectivity index (χ3v) is 5.03. The normalized spacial score (nSPS) is 19.2. The Bertz CT molecular complexity index is 808. The highest BCUT2D eigenvalue weighted by atomic mass is 16.5. The first-order valence-corrected chi connectivity index (χ1v) is 9.25. The average molecular weight is 383 g/mol. The molecule has 3 rings (SSSR count). The predicted molar refractivity (Wildman–Crippen MR) is 104 cm³/mol. The van der Waals surface area contributed by atoms with Crippen LogP contribution in [0.3, 0.4) is 0 Å². The van der Waals surface area contributed by atoms with Gasteiger partial charge in [-0.05, 0) is 30.2 Å². The van der Waals surface area contributed by atoms with Crippen LogP contribution in [-0.2, 0) is 27.5 Å². The molecular weight excluding hydrogens is 358 g/mol. The Morgan fingerprint density at radius 1 is 1.14 bits per heavy atom. The fourth-order valence-corrected chi connectivity index (χ4v) is 3.50. The number of ether oxygens (including phenoxy) is 3. The number of likely N-dealkylation sites (tertiary alicyclic amines) is 1. The number of hydrogen-bond donors (Lipinski definition) is 0. The SMILES string of the molecule is COc1ccc(OC)c(CN2CC(C(=O)OCc3ccccc3)C[C@@H]2C=O)c1. The number of hydrogen-bond acceptors (Lipinski definition) is 6. The predicted octanol–water partition coefficient (Wildman–Crippen LogP) is 2.84. The quantitative estimate of drug-likeness (QED) is 0.516. The van der Waals surface area contributed by atoms with E-state index in [9.17, 15) is 9.59 Å². The molecule has 0 radical (unpaired) electrons. The number of carbonyl (C=O) groups is 2. The van der Waals surface area contributed by atoms with Crippen molar-refractivity contribution >= 4 is 12.3 Å². The zero-order chi connectivity index (χ0) is 19.9. The molecular formula is C22H25NO5. The molecule has 2 aromatic rings. The number of benzene rings is 2. The Labute approximate surface area is 165 Å². The first-order chi connectivity index (χ1) is 13.6. The molecule has 1 saturated heterocycles. The smallest absolute Gasteiger partial charge is 0.310 e. The Hall–Kier alpha value is -2.86. The summed E-state index contributed by atoms with van der Waals surface area (Å²) in [7, 11) is 3.21. The van der Waals surface area contributed by atoms with Gasteiger partial charge in [0.05, 0.1) is 26.2 Å². The fraction of sp³-hybridized carbons (Fsp3) is 0.364. The maximum Gasteiger partial charge on any atom is 0.310 e. The molecule has 0 spiro atoms. The van der Waals surface area contributed by atoms with E-state index in [2.05, 4.69) is 0 Å². The van der Waals surface area contributed by atoms with Crippen molar-refractivity contribution in [3.05, 3.63) is 59.7 Å². The third-order valence-electron chi connectivity index (χ3n) is 5.03. The van der Waals surface area contributed by atoms with Gasteiger partial charge in [0.1, 0.15) is 24.4 Å². The van der Waals surface area contributed by atoms with Gasteiger partial charge < -0.3 is 19.0 Å². The highest BCUT2D eigenvalue weighted by Crippen LogP contribution is 2.30. The van der Waals surface area contributed by atoms with E-state index in [1.54, 1.807) is 14.2 Å². The zero-order valence-electron chi connectivity index (χ0n) is 16.2. The van der Waals surface area contributed by atoms with Gasteiger partial charge in [-0.2, -0.15) is 0 Å². The van der Waals surface area contributed by atoms with Crippen molar-refractivity contribution < 1.29 is 23.8 Å². The Morgan fingerprint density at radius 3 is 2.61 bits per heavy atom. The second-order valence-corrected chi connectivity index (χ2v) is 6.84. The molecule has 148 valence electrons. The van der Waals surface area contributed by atoms with Crippen molar-refractivity contribution in [3.8, 4) is 11.5 Å². The lowest BCUT2D eigenvalue weighted by Gasteiger charge is -2.21. The number of esters is 1. The Balaban J connectivity index is 1.65. The molecule has 1 heterocycles. The van der Waals surface area contributed by atoms with Crippen molar-refractivity contribution in [1.29, 1.82) is 0 Å². The highest BCUT2D eigenvalue weighted by molar-refractivity contribution is 5.75. The summed E-state index contributed by atoms with van der Waals surface area (Å²) in [6, 6.07) is 14.8. The van der Waals surface area contributed by atoms with E-state index in [1.807, 2.05) is 53.4 Å². The summed E-state index contributed by atoms with van der Waals surface area (Å²) < 4.78 is 16.2. The monoisotopic (exact) mass is 383 g/mol. The molecule has 0 bridgehead atoms. The van der Waals surface area contributed by atoms with Crippen LogP contribution < -0.4 is 9.47 Å². The Kier molecular flexibility index (Phi) is 6.66. The minimum atomic E-state index is -0.329. The van der Waals surface area contributed by atoms with Crippen LogP contribution in [0, 0.1) is 5.92 Å². The first-order valence-electron chi connectivity index (χ1n) is 9.25. The summed E-state index contributed by atoms with van der Waals surface area (Å²) in [6.45, 7) is 1.20. The van der Waals surface area contributed by atoms with Crippen LogP contribution in [-0.4, -0.2) is 44.0 Å². The number of nitrogens with zero attached hydrogens (tertiary/aromatic N) is 1. The molecule has 0 aromatic heterocycles. The lowest BCUT2D eigenvalue weighted by molar-refractivity contribution is -0.149. The molecule has 28 heavy (non-hydrogen) atoms. The first kappa shape index (κ1) is 19.9. The second kappa shape index (κ2) is 9.37. The maximum absolute atomic E-state index is 12.5. The van der Waals surface area contributed by atoms with E-state index < -0.39 is 0 Å². The summed E-state index contributed by atoms with van der Waals surface area (Å²) in [5.41, 5.74) is 1.85. The summed E-state index contributed by atoms with van der Waals surface area (Å²) in [6.07, 6.45) is 1.36. The molecule has 1 aliphatic heterocycles. The van der Waals surface area contributed by atoms with Crippen molar-refractivity contribution in [2.75, 3.05) is 20.8 Å². The lowest BCUT2D eigenvalue weighted by atomic mass is 10.1. The van der Waals surface area contributed by atoms with E-state index in [0.29, 0.717) is 19.5 Å². The molecule has 0 aliphatic carbocycles. The third kappa shape index (κ3) is 4.70. The average Bonchev–Trinajstić information content (AvgIpc) is 3.15. The van der Waals surface area contributed by atoms with E-state index >= 15 is 0 Å². The van der Waals surface area contributed by atoms with Crippen LogP contribution >= 0.6 is 0 Å². The molecule has 6 nitrogen and oxygen atoms in total. The second-order valence-electron chi connectivity index (χ2n) is 6.84. The number of aldehydes is 1. The largest absolute Gasteiger partial charge is 0.497 e. The number of carbonyl (C=O) groups excluding carboxylic acids is 2. The minimum Gasteiger partial charge on any atom is -0.497 e. The fourth-order valence-electron chi connectivity index (χ4n) is 3.50. The van der Waals surface area contributed by atoms with Crippen molar-refractivity contribution in [2.24, 2.45) is 5.92 Å². The summed E-state index contributed by atoms with van der Waals surface area (Å²) >= 11 is 0. The number of rotatable bonds is 8. The van der Waals surface area contributed by atoms with Gasteiger partial charge in [-0.25, -0.2) is 0 Å². The van der Waals surface area contributed by atoms with Crippen LogP contribution in [0.4, 0.5) is 0 Å². The standard InChI is InChI=1S/C22H25NO5/c1-26-20-8-9-21(27-2)17(11-20)12-23-13-18(10-19(23)14-24)22(25)28-15-16-6-4-3-5-7-16/h3-9,11,14,18-19H,10,12-13,15H2,1-2H3/t18?,19-/m1/s1. The molecule has 2 atom stereocenters. The van der Waals surface area contributed by atoms with E-state index in [4.69, 9.17) is 14.2 Å². The molecule has 1 aliphatic rings. The van der Waals surface area contributed by atoms with Gasteiger partial charge in [-0.15, -0.1) is 0 Å². The van der Waals surface area contributed by atoms with Crippen LogP contribution in [0.25, 0.3) is 0 Å². The molecule has 0 saturated carbocycles. The van der Waals surface area contributed by atoms with Gasteiger partial charge >= 0.3 is 5.97 Å². The zero-order valence-corrected chi connectivity index (χ0v) is 16.2. The Morgan fingerprint density at radius 2 is 1.93 bits per heavy atom. The van der Waals surface area contributed by atoms with E-state index in [-0.39, 0.29) is 24.5 Å². The summed E-state index contributed by atoms with van der Waals surface area (Å²) in [5, 5.41) is 0. The minimum absolute atomic E-state index is 0.242. The van der Waals surface area contributed by atoms with Gasteiger partial charge in [0.2, 0.25) is 0 Å². The highest BCUT2D eigenvalue weighted by Gasteiger charge is 2.37. The molecule has 6 heteroatoms. The van der Waals surface area contributed by atoms with Gasteiger partial charge in [-0.3, -0.25) is 9.69 Å². The van der Waals surface area contributed by atoms with Crippen molar-refractivity contribution in [1.82, 2.24) is 4.90 Å². The summed E-state index contributed by atoms with van der Waals surface area (Å²) in [5.74, 6) is 0.850. The van der Waals surface area contributed by atoms with Gasteiger partial charge in [0.25, 0.3) is 0 Å². The lowest BCUT2D eigenvalue weighted by Crippen LogP contribution is -2.30. The van der Waals surface area contributed by atoms with Crippen LogP contribution in [0.5, 0.6) is 11.5 Å². The molecule has 1 unspecified atom stereocenters. The van der Waals surface area contributed by atoms with Crippen molar-refractivity contribution in [3.63, 3.8) is 0 Å². The molecule has 0 N–H and O–H groups in total. The van der Waals surface area contributed by atoms with Crippen molar-refractivity contribution in [2.45, 2.75) is 25.6 Å². The molecule has 0 amide bonds. The molecule has 1 fully saturated rings. The van der Waals surface area contributed by atoms with Gasteiger partial charge in [-0.1, -0.05) is 30.3 Å².